The van der Waals surface area contributed by atoms with Gasteiger partial charge in [0, 0.05) is 24.7 Å². The van der Waals surface area contributed by atoms with Crippen molar-refractivity contribution < 1.29 is 8.42 Å². The van der Waals surface area contributed by atoms with Crippen LogP contribution in [0, 0.1) is 0 Å². The van der Waals surface area contributed by atoms with Crippen LogP contribution in [0.25, 0.3) is 0 Å². The predicted octanol–water partition coefficient (Wildman–Crippen LogP) is 2.05. The van der Waals surface area contributed by atoms with Gasteiger partial charge in [0.2, 0.25) is 0 Å². The van der Waals surface area contributed by atoms with Crippen LogP contribution < -0.4 is 4.90 Å². The molecule has 17 heavy (non-hydrogen) atoms. The van der Waals surface area contributed by atoms with Crippen molar-refractivity contribution in [3.05, 3.63) is 29.8 Å². The van der Waals surface area contributed by atoms with Gasteiger partial charge < -0.3 is 4.90 Å². The molecule has 0 N–H and O–H groups in total. The molecule has 94 valence electrons. The highest BCUT2D eigenvalue weighted by Gasteiger charge is 2.30. The first-order chi connectivity index (χ1) is 8.02. The molecule has 1 saturated heterocycles. The molecule has 1 aromatic carbocycles. The van der Waals surface area contributed by atoms with Crippen LogP contribution in [0.3, 0.4) is 0 Å². The molecule has 0 radical (unpaired) electrons. The van der Waals surface area contributed by atoms with Gasteiger partial charge in [-0.15, -0.1) is 11.6 Å². The predicted molar refractivity (Wildman–Crippen MR) is 71.5 cm³/mol. The molecule has 0 bridgehead atoms. The van der Waals surface area contributed by atoms with E-state index in [2.05, 4.69) is 0 Å². The average molecular weight is 274 g/mol. The zero-order valence-corrected chi connectivity index (χ0v) is 11.3. The summed E-state index contributed by atoms with van der Waals surface area (Å²) < 4.78 is 22.9. The Morgan fingerprint density at radius 1 is 1.35 bits per heavy atom. The summed E-state index contributed by atoms with van der Waals surface area (Å²) in [5, 5.41) is 0. The topological polar surface area (TPSA) is 37.4 Å². The van der Waals surface area contributed by atoms with Crippen LogP contribution in [-0.4, -0.2) is 33.0 Å². The highest BCUT2D eigenvalue weighted by molar-refractivity contribution is 7.91. The average Bonchev–Trinajstić information content (AvgIpc) is 2.69. The van der Waals surface area contributed by atoms with Crippen LogP contribution in [0.5, 0.6) is 0 Å². The molecule has 0 amide bonds. The van der Waals surface area contributed by atoms with Crippen LogP contribution in [0.1, 0.15) is 12.0 Å². The lowest BCUT2D eigenvalue weighted by Crippen LogP contribution is -2.32. The van der Waals surface area contributed by atoms with Crippen molar-refractivity contribution in [3.63, 3.8) is 0 Å². The van der Waals surface area contributed by atoms with Gasteiger partial charge in [0.1, 0.15) is 0 Å². The maximum absolute atomic E-state index is 11.4. The minimum absolute atomic E-state index is 0.0989. The molecular weight excluding hydrogens is 258 g/mol. The van der Waals surface area contributed by atoms with Crippen molar-refractivity contribution in [2.45, 2.75) is 18.3 Å². The lowest BCUT2D eigenvalue weighted by Gasteiger charge is -2.25. The Morgan fingerprint density at radius 2 is 2.00 bits per heavy atom. The van der Waals surface area contributed by atoms with Crippen LogP contribution >= 0.6 is 11.6 Å². The largest absolute Gasteiger partial charge is 0.371 e. The fraction of sp³-hybridized carbons (Fsp3) is 0.500. The third kappa shape index (κ3) is 2.93. The van der Waals surface area contributed by atoms with Crippen molar-refractivity contribution in [1.82, 2.24) is 0 Å². The molecule has 5 heteroatoms. The number of anilines is 1. The summed E-state index contributed by atoms with van der Waals surface area (Å²) in [5.74, 6) is 1.07. The zero-order chi connectivity index (χ0) is 12.5. The van der Waals surface area contributed by atoms with Gasteiger partial charge >= 0.3 is 0 Å². The van der Waals surface area contributed by atoms with Crippen molar-refractivity contribution in [1.29, 1.82) is 0 Å². The van der Waals surface area contributed by atoms with Gasteiger partial charge in [-0.05, 0) is 24.1 Å². The number of benzene rings is 1. The van der Waals surface area contributed by atoms with Gasteiger partial charge in [-0.1, -0.05) is 12.1 Å². The lowest BCUT2D eigenvalue weighted by atomic mass is 10.1. The van der Waals surface area contributed by atoms with E-state index in [1.807, 2.05) is 36.2 Å². The second kappa shape index (κ2) is 4.86. The maximum Gasteiger partial charge on any atom is 0.152 e. The second-order valence-electron chi connectivity index (χ2n) is 4.47. The number of nitrogens with zero attached hydrogens (tertiary/aromatic N) is 1. The van der Waals surface area contributed by atoms with E-state index in [0.29, 0.717) is 11.6 Å². The summed E-state index contributed by atoms with van der Waals surface area (Å²) in [6, 6.07) is 8.03. The lowest BCUT2D eigenvalue weighted by molar-refractivity contribution is 0.601. The van der Waals surface area contributed by atoms with E-state index < -0.39 is 9.84 Å². The molecule has 3 nitrogen and oxygen atoms in total. The van der Waals surface area contributed by atoms with E-state index in [4.69, 9.17) is 11.6 Å². The van der Waals surface area contributed by atoms with Gasteiger partial charge in [-0.2, -0.15) is 0 Å². The molecule has 1 aromatic rings. The number of sulfone groups is 1. The summed E-state index contributed by atoms with van der Waals surface area (Å²) in [7, 11) is -0.878. The smallest absolute Gasteiger partial charge is 0.152 e. The number of halogens is 1. The molecule has 2 rings (SSSR count). The van der Waals surface area contributed by atoms with Crippen LogP contribution in [0.15, 0.2) is 24.3 Å². The molecule has 0 aliphatic carbocycles. The van der Waals surface area contributed by atoms with Crippen molar-refractivity contribution in [2.75, 3.05) is 23.5 Å². The summed E-state index contributed by atoms with van der Waals surface area (Å²) in [4.78, 5) is 2.04. The fourth-order valence-electron chi connectivity index (χ4n) is 2.11. The van der Waals surface area contributed by atoms with Gasteiger partial charge in [0.25, 0.3) is 0 Å². The third-order valence-electron chi connectivity index (χ3n) is 3.25. The monoisotopic (exact) mass is 273 g/mol. The highest BCUT2D eigenvalue weighted by Crippen LogP contribution is 2.23. The number of alkyl halides is 1. The molecule has 0 spiro atoms. The zero-order valence-electron chi connectivity index (χ0n) is 9.77. The summed E-state index contributed by atoms with van der Waals surface area (Å²) in [5.41, 5.74) is 2.11. The molecule has 0 aromatic heterocycles. The maximum atomic E-state index is 11.4. The molecule has 1 heterocycles. The summed E-state index contributed by atoms with van der Waals surface area (Å²) >= 11 is 5.73. The van der Waals surface area contributed by atoms with Gasteiger partial charge in [-0.3, -0.25) is 0 Å². The molecule has 1 fully saturated rings. The van der Waals surface area contributed by atoms with E-state index in [-0.39, 0.29) is 11.8 Å². The van der Waals surface area contributed by atoms with Gasteiger partial charge in [0.15, 0.2) is 9.84 Å². The Morgan fingerprint density at radius 3 is 2.47 bits per heavy atom. The SMILES string of the molecule is CN(c1ccc(CCl)cc1)C1CCS(=O)(=O)C1. The molecule has 0 saturated carbocycles. The first kappa shape index (κ1) is 12.7. The molecule has 1 atom stereocenters. The van der Waals surface area contributed by atoms with E-state index in [9.17, 15) is 8.42 Å². The first-order valence-electron chi connectivity index (χ1n) is 5.60. The van der Waals surface area contributed by atoms with Crippen LogP contribution in [-0.2, 0) is 15.7 Å². The Labute approximate surface area is 107 Å². The Hall–Kier alpha value is -0.740. The minimum Gasteiger partial charge on any atom is -0.371 e. The molecular formula is C12H16ClNO2S. The fourth-order valence-corrected chi connectivity index (χ4v) is 4.06. The van der Waals surface area contributed by atoms with Gasteiger partial charge in [-0.25, -0.2) is 8.42 Å². The van der Waals surface area contributed by atoms with E-state index in [0.717, 1.165) is 17.7 Å². The van der Waals surface area contributed by atoms with Crippen molar-refractivity contribution in [3.8, 4) is 0 Å². The number of hydrogen-bond acceptors (Lipinski definition) is 3. The number of hydrogen-bond donors (Lipinski definition) is 0. The molecule has 1 aliphatic heterocycles. The third-order valence-corrected chi connectivity index (χ3v) is 5.31. The van der Waals surface area contributed by atoms with E-state index in [1.165, 1.54) is 0 Å². The Kier molecular flexibility index (Phi) is 3.64. The van der Waals surface area contributed by atoms with Crippen LogP contribution in [0.2, 0.25) is 0 Å². The van der Waals surface area contributed by atoms with E-state index >= 15 is 0 Å². The molecule has 1 aliphatic rings. The van der Waals surface area contributed by atoms with Crippen molar-refractivity contribution >= 4 is 27.1 Å². The summed E-state index contributed by atoms with van der Waals surface area (Å²) in [6.07, 6.45) is 0.718. The highest BCUT2D eigenvalue weighted by atomic mass is 35.5. The second-order valence-corrected chi connectivity index (χ2v) is 6.96. The summed E-state index contributed by atoms with van der Waals surface area (Å²) in [6.45, 7) is 0. The normalized spacial score (nSPS) is 22.6. The van der Waals surface area contributed by atoms with E-state index in [1.54, 1.807) is 0 Å². The Balaban J connectivity index is 2.11. The standard InChI is InChI=1S/C12H16ClNO2S/c1-14(12-6-7-17(15,16)9-12)11-4-2-10(8-13)3-5-11/h2-5,12H,6-9H2,1H3. The quantitative estimate of drug-likeness (QED) is 0.791. The first-order valence-corrected chi connectivity index (χ1v) is 7.95. The molecule has 1 unspecified atom stereocenters. The minimum atomic E-state index is -2.82. The van der Waals surface area contributed by atoms with Crippen LogP contribution in [0.4, 0.5) is 5.69 Å². The van der Waals surface area contributed by atoms with Gasteiger partial charge in [0.05, 0.1) is 11.5 Å². The Bertz CT molecular complexity index is 484. The number of rotatable bonds is 3. The van der Waals surface area contributed by atoms with Crippen molar-refractivity contribution in [2.24, 2.45) is 0 Å².